The molecule has 1 spiro atoms. The summed E-state index contributed by atoms with van der Waals surface area (Å²) < 4.78 is 41.1. The van der Waals surface area contributed by atoms with Gasteiger partial charge in [0.2, 0.25) is 11.8 Å². The lowest BCUT2D eigenvalue weighted by molar-refractivity contribution is -0.321. The minimum absolute atomic E-state index is 0.0171. The molecule has 2 amide bonds. The van der Waals surface area contributed by atoms with Crippen molar-refractivity contribution >= 4 is 23.4 Å². The number of ether oxygens (including phenoxy) is 1. The molecule has 1 aliphatic carbocycles. The van der Waals surface area contributed by atoms with E-state index in [1.807, 2.05) is 0 Å². The lowest BCUT2D eigenvalue weighted by atomic mass is 9.57. The molecule has 3 N–H and O–H groups in total. The van der Waals surface area contributed by atoms with E-state index in [-0.39, 0.29) is 24.0 Å². The van der Waals surface area contributed by atoms with Crippen molar-refractivity contribution in [2.75, 3.05) is 13.2 Å². The number of nitrogens with one attached hydrogen (secondary N) is 1. The summed E-state index contributed by atoms with van der Waals surface area (Å²) >= 11 is 0. The lowest BCUT2D eigenvalue weighted by Gasteiger charge is -2.66. The van der Waals surface area contributed by atoms with Gasteiger partial charge in [0.25, 0.3) is 0 Å². The Morgan fingerprint density at radius 3 is 2.45 bits per heavy atom. The Morgan fingerprint density at radius 1 is 1.31 bits per heavy atom. The van der Waals surface area contributed by atoms with Gasteiger partial charge in [-0.3, -0.25) is 28.8 Å². The molecule has 0 aromatic heterocycles. The first-order chi connectivity index (χ1) is 13.4. The molecular weight excluding hydrogens is 395 g/mol. The van der Waals surface area contributed by atoms with Crippen molar-refractivity contribution in [2.45, 2.75) is 63.0 Å². The van der Waals surface area contributed by atoms with Crippen molar-refractivity contribution in [2.24, 2.45) is 17.6 Å². The highest BCUT2D eigenvalue weighted by Crippen LogP contribution is 2.55. The summed E-state index contributed by atoms with van der Waals surface area (Å²) in [6.45, 7) is 0.658. The molecular formula is C18H24F3N3O5. The number of hydrogen-bond acceptors (Lipinski definition) is 6. The second-order valence-corrected chi connectivity index (χ2v) is 8.20. The van der Waals surface area contributed by atoms with Crippen LogP contribution in [0, 0.1) is 11.8 Å². The number of likely N-dealkylation sites (tertiary alicyclic amines) is 1. The number of alkyl halides is 3. The maximum atomic E-state index is 12.7. The van der Waals surface area contributed by atoms with Crippen LogP contribution in [0.3, 0.4) is 0 Å². The topological polar surface area (TPSA) is 119 Å². The van der Waals surface area contributed by atoms with Gasteiger partial charge < -0.3 is 11.1 Å². The molecule has 29 heavy (non-hydrogen) atoms. The third kappa shape index (κ3) is 4.30. The fourth-order valence-corrected chi connectivity index (χ4v) is 4.88. The average Bonchev–Trinajstić information content (AvgIpc) is 2.93. The number of hydrogen-bond donors (Lipinski definition) is 2. The zero-order valence-electron chi connectivity index (χ0n) is 16.0. The number of nitrogens with two attached hydrogens (primary N) is 1. The molecule has 8 nitrogen and oxygen atoms in total. The molecule has 3 rings (SSSR count). The Labute approximate surface area is 165 Å². The van der Waals surface area contributed by atoms with Gasteiger partial charge in [0, 0.05) is 23.9 Å². The first-order valence-electron chi connectivity index (χ1n) is 9.53. The van der Waals surface area contributed by atoms with Crippen LogP contribution in [0.5, 0.6) is 0 Å². The maximum Gasteiger partial charge on any atom is 0.522 e. The van der Waals surface area contributed by atoms with E-state index in [4.69, 9.17) is 5.73 Å². The van der Waals surface area contributed by atoms with Gasteiger partial charge >= 0.3 is 6.36 Å². The number of halogens is 3. The number of carbonyl (C=O) groups is 4. The second kappa shape index (κ2) is 7.67. The van der Waals surface area contributed by atoms with Crippen LogP contribution in [-0.4, -0.2) is 65.4 Å². The van der Waals surface area contributed by atoms with Gasteiger partial charge in [-0.05, 0) is 39.0 Å². The zero-order valence-corrected chi connectivity index (χ0v) is 16.0. The largest absolute Gasteiger partial charge is 0.522 e. The number of primary amides is 1. The fraction of sp³-hybridized carbons (Fsp3) is 0.778. The van der Waals surface area contributed by atoms with Crippen molar-refractivity contribution in [3.8, 4) is 0 Å². The summed E-state index contributed by atoms with van der Waals surface area (Å²) in [5.41, 5.74) is 4.81. The number of ketones is 2. The van der Waals surface area contributed by atoms with Crippen LogP contribution >= 0.6 is 0 Å². The first kappa shape index (κ1) is 21.7. The molecule has 3 atom stereocenters. The van der Waals surface area contributed by atoms with E-state index in [1.165, 1.54) is 6.92 Å². The van der Waals surface area contributed by atoms with E-state index in [1.54, 1.807) is 4.90 Å². The molecule has 0 aromatic rings. The predicted octanol–water partition coefficient (Wildman–Crippen LogP) is 0.284. The van der Waals surface area contributed by atoms with Gasteiger partial charge in [0.1, 0.15) is 12.4 Å². The van der Waals surface area contributed by atoms with Crippen molar-refractivity contribution in [1.29, 1.82) is 0 Å². The molecule has 0 unspecified atom stereocenters. The van der Waals surface area contributed by atoms with Crippen LogP contribution in [0.1, 0.15) is 39.0 Å². The van der Waals surface area contributed by atoms with Gasteiger partial charge in [0.05, 0.1) is 12.1 Å². The van der Waals surface area contributed by atoms with E-state index in [0.717, 1.165) is 0 Å². The zero-order chi connectivity index (χ0) is 21.6. The van der Waals surface area contributed by atoms with E-state index in [0.29, 0.717) is 32.2 Å². The Morgan fingerprint density at radius 2 is 1.97 bits per heavy atom. The van der Waals surface area contributed by atoms with E-state index >= 15 is 0 Å². The van der Waals surface area contributed by atoms with Gasteiger partial charge in [-0.25, -0.2) is 0 Å². The summed E-state index contributed by atoms with van der Waals surface area (Å²) in [4.78, 5) is 49.8. The molecule has 0 aromatic carbocycles. The molecule has 1 saturated carbocycles. The van der Waals surface area contributed by atoms with Gasteiger partial charge in [-0.1, -0.05) is 0 Å². The number of rotatable bonds is 8. The lowest BCUT2D eigenvalue weighted by Crippen LogP contribution is -2.78. The van der Waals surface area contributed by atoms with Crippen molar-refractivity contribution in [3.63, 3.8) is 0 Å². The van der Waals surface area contributed by atoms with Crippen LogP contribution in [0.2, 0.25) is 0 Å². The van der Waals surface area contributed by atoms with Crippen molar-refractivity contribution < 1.29 is 37.1 Å². The summed E-state index contributed by atoms with van der Waals surface area (Å²) in [6, 6.07) is -1.95. The average molecular weight is 419 g/mol. The molecule has 11 heteroatoms. The Balaban J connectivity index is 1.83. The number of carbonyl (C=O) groups excluding carboxylic acids is 4. The number of amides is 2. The van der Waals surface area contributed by atoms with Crippen LogP contribution < -0.4 is 11.1 Å². The third-order valence-electron chi connectivity index (χ3n) is 6.37. The number of nitrogens with zero attached hydrogens (tertiary/aromatic N) is 1. The van der Waals surface area contributed by atoms with Crippen LogP contribution in [-0.2, 0) is 23.9 Å². The fourth-order valence-electron chi connectivity index (χ4n) is 4.88. The van der Waals surface area contributed by atoms with Crippen molar-refractivity contribution in [3.05, 3.63) is 0 Å². The van der Waals surface area contributed by atoms with Gasteiger partial charge in [0.15, 0.2) is 5.78 Å². The standard InChI is InChI=1S/C18H24F3N3O5/c1-9(25)11-5-17(6-11)7-13(15(22)27)24(17)12(4-10-2-3-23-16(10)28)14(26)8-29-18(19,20)21/h10-13H,2-8H2,1H3,(H2,22,27)(H,23,28)/t10-,11?,12-,13-,17?/m0/s1. The normalized spacial score (nSPS) is 33.0. The first-order valence-corrected chi connectivity index (χ1v) is 9.53. The van der Waals surface area contributed by atoms with Crippen molar-refractivity contribution in [1.82, 2.24) is 10.2 Å². The summed E-state index contributed by atoms with van der Waals surface area (Å²) in [6.07, 6.45) is -3.40. The van der Waals surface area contributed by atoms with E-state index in [2.05, 4.69) is 10.1 Å². The summed E-state index contributed by atoms with van der Waals surface area (Å²) in [5, 5.41) is 2.63. The quantitative estimate of drug-likeness (QED) is 0.584. The summed E-state index contributed by atoms with van der Waals surface area (Å²) in [5.74, 6) is -2.62. The smallest absolute Gasteiger partial charge is 0.368 e. The summed E-state index contributed by atoms with van der Waals surface area (Å²) in [7, 11) is 0. The molecule has 3 aliphatic rings. The third-order valence-corrected chi connectivity index (χ3v) is 6.37. The molecule has 2 heterocycles. The second-order valence-electron chi connectivity index (χ2n) is 8.20. The Bertz CT molecular complexity index is 715. The molecule has 162 valence electrons. The minimum Gasteiger partial charge on any atom is -0.368 e. The Kier molecular flexibility index (Phi) is 5.74. The highest BCUT2D eigenvalue weighted by molar-refractivity contribution is 5.90. The highest BCUT2D eigenvalue weighted by atomic mass is 19.4. The molecule has 0 radical (unpaired) electrons. The molecule has 3 fully saturated rings. The van der Waals surface area contributed by atoms with Crippen LogP contribution in [0.15, 0.2) is 0 Å². The Hall–Kier alpha value is -2.01. The van der Waals surface area contributed by atoms with E-state index in [9.17, 15) is 32.3 Å². The minimum atomic E-state index is -4.98. The highest BCUT2D eigenvalue weighted by Gasteiger charge is 2.64. The maximum absolute atomic E-state index is 12.7. The van der Waals surface area contributed by atoms with Crippen LogP contribution in [0.25, 0.3) is 0 Å². The van der Waals surface area contributed by atoms with E-state index < -0.39 is 48.2 Å². The molecule has 2 saturated heterocycles. The van der Waals surface area contributed by atoms with Gasteiger partial charge in [-0.2, -0.15) is 0 Å². The SMILES string of the molecule is CC(=O)C1CC2(C1)C[C@@H](C(N)=O)N2[C@@H](C[C@@H]1CCNC1=O)C(=O)COC(F)(F)F. The molecule has 2 aliphatic heterocycles. The number of Topliss-reactive ketones (excluding diaryl/α,β-unsaturated/α-hetero) is 2. The monoisotopic (exact) mass is 419 g/mol. The predicted molar refractivity (Wildman–Crippen MR) is 92.1 cm³/mol. The van der Waals surface area contributed by atoms with Gasteiger partial charge in [-0.15, -0.1) is 13.2 Å². The molecule has 0 bridgehead atoms. The van der Waals surface area contributed by atoms with Crippen LogP contribution in [0.4, 0.5) is 13.2 Å².